The van der Waals surface area contributed by atoms with Crippen LogP contribution in [0.5, 0.6) is 11.5 Å². The lowest BCUT2D eigenvalue weighted by atomic mass is 9.66. The number of carbonyl (C=O) groups excluding carboxylic acids is 1. The predicted octanol–water partition coefficient (Wildman–Crippen LogP) is 4.29. The highest BCUT2D eigenvalue weighted by Gasteiger charge is 2.49. The van der Waals surface area contributed by atoms with Gasteiger partial charge in [0.1, 0.15) is 23.7 Å². The zero-order chi connectivity index (χ0) is 17.8. The Morgan fingerprint density at radius 1 is 1.36 bits per heavy atom. The Labute approximate surface area is 148 Å². The van der Waals surface area contributed by atoms with Crippen molar-refractivity contribution in [2.45, 2.75) is 52.2 Å². The fourth-order valence-corrected chi connectivity index (χ4v) is 4.64. The van der Waals surface area contributed by atoms with Crippen LogP contribution in [-0.2, 0) is 9.53 Å². The highest BCUT2D eigenvalue weighted by atomic mass is 16.5. The number of hydrogen-bond acceptors (Lipinski definition) is 4. The zero-order valence-electron chi connectivity index (χ0n) is 15.2. The lowest BCUT2D eigenvalue weighted by molar-refractivity contribution is -0.150. The molecule has 2 aliphatic carbocycles. The molecule has 3 aliphatic rings. The molecule has 0 saturated heterocycles. The van der Waals surface area contributed by atoms with Gasteiger partial charge in [-0.15, -0.1) is 0 Å². The number of benzene rings is 1. The number of rotatable bonds is 2. The normalized spacial score (nSPS) is 29.8. The molecular weight excluding hydrogens is 316 g/mol. The second kappa shape index (κ2) is 5.65. The molecule has 0 aromatic heterocycles. The molecule has 3 atom stereocenters. The molecular formula is C21H24O4. The van der Waals surface area contributed by atoms with E-state index in [-0.39, 0.29) is 23.6 Å². The minimum absolute atomic E-state index is 0.0171. The van der Waals surface area contributed by atoms with Crippen LogP contribution in [0.1, 0.15) is 45.6 Å². The summed E-state index contributed by atoms with van der Waals surface area (Å²) in [6, 6.07) is 6.05. The van der Waals surface area contributed by atoms with Crippen LogP contribution in [0.2, 0.25) is 0 Å². The van der Waals surface area contributed by atoms with Gasteiger partial charge in [-0.05, 0) is 48.6 Å². The van der Waals surface area contributed by atoms with Gasteiger partial charge in [0.15, 0.2) is 0 Å². The molecule has 25 heavy (non-hydrogen) atoms. The van der Waals surface area contributed by atoms with Gasteiger partial charge in [-0.25, -0.2) is 0 Å². The monoisotopic (exact) mass is 340 g/mol. The number of carbonyl (C=O) groups is 1. The van der Waals surface area contributed by atoms with Crippen molar-refractivity contribution in [3.8, 4) is 11.5 Å². The average molecular weight is 340 g/mol. The fourth-order valence-electron chi connectivity index (χ4n) is 4.64. The van der Waals surface area contributed by atoms with Crippen LogP contribution in [-0.4, -0.2) is 25.3 Å². The van der Waals surface area contributed by atoms with Crippen LogP contribution < -0.4 is 9.47 Å². The first kappa shape index (κ1) is 16.2. The third kappa shape index (κ3) is 2.38. The molecule has 0 saturated carbocycles. The summed E-state index contributed by atoms with van der Waals surface area (Å²) in [4.78, 5) is 11.5. The van der Waals surface area contributed by atoms with Crippen molar-refractivity contribution in [2.24, 2.45) is 5.41 Å². The van der Waals surface area contributed by atoms with Gasteiger partial charge < -0.3 is 14.2 Å². The molecule has 4 rings (SSSR count). The van der Waals surface area contributed by atoms with E-state index in [4.69, 9.17) is 14.2 Å². The second-order valence-corrected chi connectivity index (χ2v) is 7.38. The molecule has 132 valence electrons. The van der Waals surface area contributed by atoms with Crippen molar-refractivity contribution in [3.63, 3.8) is 0 Å². The van der Waals surface area contributed by atoms with E-state index >= 15 is 0 Å². The van der Waals surface area contributed by atoms with Crippen LogP contribution in [0.25, 0.3) is 5.57 Å². The number of fused-ring (bicyclic) bond motifs is 4. The molecule has 1 heterocycles. The van der Waals surface area contributed by atoms with Crippen LogP contribution in [0.4, 0.5) is 0 Å². The van der Waals surface area contributed by atoms with Crippen molar-refractivity contribution in [2.75, 3.05) is 7.11 Å². The molecule has 1 aliphatic heterocycles. The molecule has 4 heteroatoms. The first-order chi connectivity index (χ1) is 11.9. The van der Waals surface area contributed by atoms with E-state index in [2.05, 4.69) is 26.0 Å². The summed E-state index contributed by atoms with van der Waals surface area (Å²) in [6.45, 7) is 5.81. The van der Waals surface area contributed by atoms with Gasteiger partial charge in [-0.3, -0.25) is 4.79 Å². The van der Waals surface area contributed by atoms with Crippen molar-refractivity contribution in [3.05, 3.63) is 41.0 Å². The molecule has 0 fully saturated rings. The molecule has 1 aromatic rings. The molecule has 2 unspecified atom stereocenters. The SMILES string of the molecule is COc1ccc2c(c1)OC(C)C1=C2CCC2(C)C1=CC[C@@H]2OC(C)=O. The second-order valence-electron chi connectivity index (χ2n) is 7.38. The van der Waals surface area contributed by atoms with Gasteiger partial charge in [0, 0.05) is 30.4 Å². The predicted molar refractivity (Wildman–Crippen MR) is 95.6 cm³/mol. The lowest BCUT2D eigenvalue weighted by Gasteiger charge is -2.43. The molecule has 0 amide bonds. The number of esters is 1. The number of methoxy groups -OCH3 is 1. The summed E-state index contributed by atoms with van der Waals surface area (Å²) in [7, 11) is 1.67. The standard InChI is InChI=1S/C21H24O4/c1-12-20-16(15-6-5-14(23-4)11-18(15)24-12)9-10-21(3)17(20)7-8-19(21)25-13(2)22/h5-7,11-12,19H,8-10H2,1-4H3/t12?,19-,21?/m0/s1. The minimum Gasteiger partial charge on any atom is -0.497 e. The molecule has 1 aromatic carbocycles. The summed E-state index contributed by atoms with van der Waals surface area (Å²) >= 11 is 0. The van der Waals surface area contributed by atoms with E-state index < -0.39 is 0 Å². The largest absolute Gasteiger partial charge is 0.497 e. The van der Waals surface area contributed by atoms with E-state index in [9.17, 15) is 4.79 Å². The average Bonchev–Trinajstić information content (AvgIpc) is 2.90. The Morgan fingerprint density at radius 3 is 2.88 bits per heavy atom. The smallest absolute Gasteiger partial charge is 0.302 e. The van der Waals surface area contributed by atoms with Crippen molar-refractivity contribution in [1.82, 2.24) is 0 Å². The molecule has 4 nitrogen and oxygen atoms in total. The molecule has 0 radical (unpaired) electrons. The van der Waals surface area contributed by atoms with Gasteiger partial charge in [0.25, 0.3) is 0 Å². The highest BCUT2D eigenvalue weighted by molar-refractivity contribution is 5.81. The Bertz CT molecular complexity index is 804. The van der Waals surface area contributed by atoms with Crippen molar-refractivity contribution >= 4 is 11.5 Å². The van der Waals surface area contributed by atoms with E-state index in [0.29, 0.717) is 0 Å². The van der Waals surface area contributed by atoms with E-state index in [1.807, 2.05) is 12.1 Å². The maximum atomic E-state index is 11.5. The Balaban J connectivity index is 1.78. The summed E-state index contributed by atoms with van der Waals surface area (Å²) in [5.41, 5.74) is 4.98. The Morgan fingerprint density at radius 2 is 2.16 bits per heavy atom. The quantitative estimate of drug-likeness (QED) is 0.753. The van der Waals surface area contributed by atoms with Crippen LogP contribution in [0.3, 0.4) is 0 Å². The van der Waals surface area contributed by atoms with E-state index in [1.54, 1.807) is 7.11 Å². The van der Waals surface area contributed by atoms with Gasteiger partial charge in [-0.2, -0.15) is 0 Å². The summed E-state index contributed by atoms with van der Waals surface area (Å²) < 4.78 is 17.2. The first-order valence-electron chi connectivity index (χ1n) is 8.90. The zero-order valence-corrected chi connectivity index (χ0v) is 15.2. The number of allylic oxidation sites excluding steroid dienone is 1. The molecule has 0 bridgehead atoms. The Kier molecular flexibility index (Phi) is 3.67. The maximum Gasteiger partial charge on any atom is 0.302 e. The van der Waals surface area contributed by atoms with Crippen LogP contribution in [0.15, 0.2) is 35.4 Å². The van der Waals surface area contributed by atoms with Crippen LogP contribution >= 0.6 is 0 Å². The summed E-state index contributed by atoms with van der Waals surface area (Å²) in [6.07, 6.45) is 4.89. The molecule has 0 spiro atoms. The topological polar surface area (TPSA) is 44.8 Å². The van der Waals surface area contributed by atoms with Gasteiger partial charge in [0.05, 0.1) is 7.11 Å². The lowest BCUT2D eigenvalue weighted by Crippen LogP contribution is -2.39. The summed E-state index contributed by atoms with van der Waals surface area (Å²) in [5.74, 6) is 1.50. The van der Waals surface area contributed by atoms with Gasteiger partial charge >= 0.3 is 5.97 Å². The van der Waals surface area contributed by atoms with Gasteiger partial charge in [0.2, 0.25) is 0 Å². The van der Waals surface area contributed by atoms with Crippen molar-refractivity contribution in [1.29, 1.82) is 0 Å². The van der Waals surface area contributed by atoms with E-state index in [0.717, 1.165) is 36.3 Å². The maximum absolute atomic E-state index is 11.5. The number of hydrogen-bond donors (Lipinski definition) is 0. The Hall–Kier alpha value is -2.23. The molecule has 0 N–H and O–H groups in total. The first-order valence-corrected chi connectivity index (χ1v) is 8.90. The highest BCUT2D eigenvalue weighted by Crippen LogP contribution is 2.57. The third-order valence-corrected chi connectivity index (χ3v) is 5.90. The van der Waals surface area contributed by atoms with E-state index in [1.165, 1.54) is 23.6 Å². The van der Waals surface area contributed by atoms with Crippen LogP contribution in [0, 0.1) is 5.41 Å². The number of ether oxygens (including phenoxy) is 3. The third-order valence-electron chi connectivity index (χ3n) is 5.90. The van der Waals surface area contributed by atoms with Crippen molar-refractivity contribution < 1.29 is 19.0 Å². The summed E-state index contributed by atoms with van der Waals surface area (Å²) in [5, 5.41) is 0. The fraction of sp³-hybridized carbons (Fsp3) is 0.476. The minimum atomic E-state index is -0.203. The van der Waals surface area contributed by atoms with Gasteiger partial charge in [-0.1, -0.05) is 13.0 Å².